The Kier molecular flexibility index (Phi) is 6.84. The molecule has 1 atom stereocenters. The fourth-order valence-electron chi connectivity index (χ4n) is 3.24. The number of aromatic nitrogens is 1. The van der Waals surface area contributed by atoms with Crippen LogP contribution in [0.15, 0.2) is 18.3 Å². The molecule has 1 fully saturated rings. The van der Waals surface area contributed by atoms with Gasteiger partial charge in [0, 0.05) is 32.4 Å². The van der Waals surface area contributed by atoms with Crippen LogP contribution in [0.1, 0.15) is 49.9 Å². The van der Waals surface area contributed by atoms with E-state index in [9.17, 15) is 9.90 Å². The van der Waals surface area contributed by atoms with Crippen molar-refractivity contribution in [2.45, 2.75) is 39.5 Å². The molecule has 5 heteroatoms. The number of anilines is 1. The van der Waals surface area contributed by atoms with Gasteiger partial charge in [-0.2, -0.15) is 0 Å². The first kappa shape index (κ1) is 17.7. The van der Waals surface area contributed by atoms with E-state index in [4.69, 9.17) is 0 Å². The first-order chi connectivity index (χ1) is 11.1. The van der Waals surface area contributed by atoms with Crippen LogP contribution in [0.2, 0.25) is 0 Å². The SMILES string of the molecule is CC(C)CC(CCO)CNC(=O)c1cccnc1N1CCCC1. The van der Waals surface area contributed by atoms with Crippen LogP contribution >= 0.6 is 0 Å². The zero-order valence-electron chi connectivity index (χ0n) is 14.3. The number of nitrogens with zero attached hydrogens (tertiary/aromatic N) is 2. The summed E-state index contributed by atoms with van der Waals surface area (Å²) in [5.41, 5.74) is 0.654. The van der Waals surface area contributed by atoms with E-state index in [0.29, 0.717) is 23.9 Å². The van der Waals surface area contributed by atoms with Crippen LogP contribution in [0.5, 0.6) is 0 Å². The normalized spacial score (nSPS) is 15.9. The maximum Gasteiger partial charge on any atom is 0.255 e. The number of carbonyl (C=O) groups excluding carboxylic acids is 1. The van der Waals surface area contributed by atoms with Gasteiger partial charge in [-0.05, 0) is 49.7 Å². The second-order valence-electron chi connectivity index (χ2n) is 6.79. The summed E-state index contributed by atoms with van der Waals surface area (Å²) in [5, 5.41) is 12.2. The van der Waals surface area contributed by atoms with E-state index < -0.39 is 0 Å². The lowest BCUT2D eigenvalue weighted by molar-refractivity contribution is 0.0941. The molecule has 1 aliphatic rings. The zero-order valence-corrected chi connectivity index (χ0v) is 14.3. The third-order valence-corrected chi connectivity index (χ3v) is 4.33. The minimum atomic E-state index is -0.0632. The lowest BCUT2D eigenvalue weighted by Gasteiger charge is -2.21. The number of hydrogen-bond donors (Lipinski definition) is 2. The molecule has 1 unspecified atom stereocenters. The van der Waals surface area contributed by atoms with E-state index in [2.05, 4.69) is 29.0 Å². The van der Waals surface area contributed by atoms with Crippen molar-refractivity contribution < 1.29 is 9.90 Å². The van der Waals surface area contributed by atoms with Crippen LogP contribution in [0.3, 0.4) is 0 Å². The number of hydrogen-bond acceptors (Lipinski definition) is 4. The molecule has 1 aromatic rings. The maximum absolute atomic E-state index is 12.6. The fraction of sp³-hybridized carbons (Fsp3) is 0.667. The Hall–Kier alpha value is -1.62. The van der Waals surface area contributed by atoms with Crippen molar-refractivity contribution in [1.29, 1.82) is 0 Å². The first-order valence-electron chi connectivity index (χ1n) is 8.70. The van der Waals surface area contributed by atoms with Gasteiger partial charge < -0.3 is 15.3 Å². The average molecular weight is 319 g/mol. The molecule has 128 valence electrons. The van der Waals surface area contributed by atoms with E-state index in [-0.39, 0.29) is 12.5 Å². The minimum absolute atomic E-state index is 0.0632. The maximum atomic E-state index is 12.6. The number of aliphatic hydroxyl groups is 1. The first-order valence-corrected chi connectivity index (χ1v) is 8.70. The van der Waals surface area contributed by atoms with Crippen molar-refractivity contribution in [3.05, 3.63) is 23.9 Å². The quantitative estimate of drug-likeness (QED) is 0.772. The molecule has 0 saturated carbocycles. The molecule has 1 aliphatic heterocycles. The van der Waals surface area contributed by atoms with Crippen LogP contribution in [-0.4, -0.2) is 42.2 Å². The van der Waals surface area contributed by atoms with Crippen molar-refractivity contribution in [3.8, 4) is 0 Å². The Morgan fingerprint density at radius 3 is 2.78 bits per heavy atom. The highest BCUT2D eigenvalue weighted by Crippen LogP contribution is 2.22. The second-order valence-corrected chi connectivity index (χ2v) is 6.79. The molecule has 0 aromatic carbocycles. The van der Waals surface area contributed by atoms with E-state index in [1.807, 2.05) is 12.1 Å². The van der Waals surface area contributed by atoms with Gasteiger partial charge in [-0.15, -0.1) is 0 Å². The monoisotopic (exact) mass is 319 g/mol. The molecule has 1 saturated heterocycles. The van der Waals surface area contributed by atoms with Gasteiger partial charge in [0.05, 0.1) is 5.56 Å². The highest BCUT2D eigenvalue weighted by Gasteiger charge is 2.21. The average Bonchev–Trinajstić information content (AvgIpc) is 3.06. The largest absolute Gasteiger partial charge is 0.396 e. The smallest absolute Gasteiger partial charge is 0.255 e. The fourth-order valence-corrected chi connectivity index (χ4v) is 3.24. The summed E-state index contributed by atoms with van der Waals surface area (Å²) in [5.74, 6) is 1.61. The molecule has 0 radical (unpaired) electrons. The molecule has 0 bridgehead atoms. The van der Waals surface area contributed by atoms with Gasteiger partial charge in [-0.1, -0.05) is 13.8 Å². The van der Waals surface area contributed by atoms with Crippen LogP contribution in [0.4, 0.5) is 5.82 Å². The molecule has 0 spiro atoms. The Bertz CT molecular complexity index is 499. The molecule has 2 N–H and O–H groups in total. The Balaban J connectivity index is 1.99. The number of carbonyl (C=O) groups is 1. The van der Waals surface area contributed by atoms with Gasteiger partial charge in [0.25, 0.3) is 5.91 Å². The third kappa shape index (κ3) is 5.20. The molecule has 1 aromatic heterocycles. The Morgan fingerprint density at radius 2 is 2.13 bits per heavy atom. The summed E-state index contributed by atoms with van der Waals surface area (Å²) in [7, 11) is 0. The molecular formula is C18H29N3O2. The van der Waals surface area contributed by atoms with Crippen LogP contribution in [-0.2, 0) is 0 Å². The molecular weight excluding hydrogens is 290 g/mol. The highest BCUT2D eigenvalue weighted by atomic mass is 16.3. The number of nitrogens with one attached hydrogen (secondary N) is 1. The standard InChI is InChI=1S/C18H29N3O2/c1-14(2)12-15(7-11-22)13-20-18(23)16-6-5-8-19-17(16)21-9-3-4-10-21/h5-6,8,14-15,22H,3-4,7,9-13H2,1-2H3,(H,20,23). The summed E-state index contributed by atoms with van der Waals surface area (Å²) < 4.78 is 0. The predicted octanol–water partition coefficient (Wildman–Crippen LogP) is 2.46. The summed E-state index contributed by atoms with van der Waals surface area (Å²) in [6.45, 7) is 7.04. The number of amides is 1. The van der Waals surface area contributed by atoms with E-state index in [0.717, 1.165) is 44.6 Å². The molecule has 2 rings (SSSR count). The predicted molar refractivity (Wildman–Crippen MR) is 92.7 cm³/mol. The van der Waals surface area contributed by atoms with Crippen LogP contribution in [0, 0.1) is 11.8 Å². The van der Waals surface area contributed by atoms with Crippen molar-refractivity contribution in [1.82, 2.24) is 10.3 Å². The zero-order chi connectivity index (χ0) is 16.7. The Labute approximate surface area is 139 Å². The molecule has 1 amide bonds. The number of rotatable bonds is 8. The number of aliphatic hydroxyl groups excluding tert-OH is 1. The molecule has 2 heterocycles. The summed E-state index contributed by atoms with van der Waals surface area (Å²) in [4.78, 5) is 19.2. The van der Waals surface area contributed by atoms with E-state index in [1.54, 1.807) is 6.20 Å². The van der Waals surface area contributed by atoms with Gasteiger partial charge in [0.15, 0.2) is 0 Å². The molecule has 23 heavy (non-hydrogen) atoms. The summed E-state index contributed by atoms with van der Waals surface area (Å²) in [6, 6.07) is 3.66. The van der Waals surface area contributed by atoms with Crippen molar-refractivity contribution in [3.63, 3.8) is 0 Å². The summed E-state index contributed by atoms with van der Waals surface area (Å²) >= 11 is 0. The third-order valence-electron chi connectivity index (χ3n) is 4.33. The van der Waals surface area contributed by atoms with E-state index in [1.165, 1.54) is 0 Å². The second kappa shape index (κ2) is 8.87. The molecule has 5 nitrogen and oxygen atoms in total. The van der Waals surface area contributed by atoms with E-state index >= 15 is 0 Å². The van der Waals surface area contributed by atoms with Gasteiger partial charge in [0.2, 0.25) is 0 Å². The van der Waals surface area contributed by atoms with Gasteiger partial charge in [0.1, 0.15) is 5.82 Å². The van der Waals surface area contributed by atoms with Crippen molar-refractivity contribution in [2.24, 2.45) is 11.8 Å². The van der Waals surface area contributed by atoms with Crippen LogP contribution in [0.25, 0.3) is 0 Å². The van der Waals surface area contributed by atoms with Crippen molar-refractivity contribution in [2.75, 3.05) is 31.1 Å². The number of pyridine rings is 1. The highest BCUT2D eigenvalue weighted by molar-refractivity contribution is 5.98. The van der Waals surface area contributed by atoms with Gasteiger partial charge >= 0.3 is 0 Å². The lowest BCUT2D eigenvalue weighted by Crippen LogP contribution is -2.32. The topological polar surface area (TPSA) is 65.5 Å². The van der Waals surface area contributed by atoms with Gasteiger partial charge in [-0.25, -0.2) is 4.98 Å². The van der Waals surface area contributed by atoms with Crippen LogP contribution < -0.4 is 10.2 Å². The lowest BCUT2D eigenvalue weighted by atomic mass is 9.94. The van der Waals surface area contributed by atoms with Gasteiger partial charge in [-0.3, -0.25) is 4.79 Å². The molecule has 0 aliphatic carbocycles. The summed E-state index contributed by atoms with van der Waals surface area (Å²) in [6.07, 6.45) is 5.80. The Morgan fingerprint density at radius 1 is 1.39 bits per heavy atom. The van der Waals surface area contributed by atoms with Crippen molar-refractivity contribution >= 4 is 11.7 Å². The minimum Gasteiger partial charge on any atom is -0.396 e.